The predicted octanol–water partition coefficient (Wildman–Crippen LogP) is 0.717. The number of hydrogen-bond acceptors (Lipinski definition) is 3. The molecule has 0 bridgehead atoms. The number of carbonyl (C=O) groups excluding carboxylic acids is 2. The molecule has 0 saturated heterocycles. The van der Waals surface area contributed by atoms with Crippen molar-refractivity contribution in [2.45, 2.75) is 30.9 Å². The number of hydrogen-bond donors (Lipinski definition) is 1. The van der Waals surface area contributed by atoms with E-state index in [-0.39, 0.29) is 5.91 Å². The van der Waals surface area contributed by atoms with Gasteiger partial charge in [-0.3, -0.25) is 9.59 Å². The van der Waals surface area contributed by atoms with Crippen molar-refractivity contribution >= 4 is 23.5 Å². The van der Waals surface area contributed by atoms with Crippen LogP contribution in [0.1, 0.15) is 25.7 Å². The second-order valence-electron chi connectivity index (χ2n) is 3.03. The minimum Gasteiger partial charge on any atom is -0.369 e. The van der Waals surface area contributed by atoms with Crippen LogP contribution in [0.25, 0.3) is 0 Å². The van der Waals surface area contributed by atoms with Gasteiger partial charge in [-0.05, 0) is 12.8 Å². The van der Waals surface area contributed by atoms with E-state index in [0.29, 0.717) is 29.6 Å². The lowest BCUT2D eigenvalue weighted by Gasteiger charge is -2.19. The third-order valence-electron chi connectivity index (χ3n) is 1.90. The number of rotatable bonds is 3. The Hall–Kier alpha value is -0.510. The van der Waals surface area contributed by atoms with E-state index in [1.54, 1.807) is 0 Å². The lowest BCUT2D eigenvalue weighted by atomic mass is 9.99. The molecule has 12 heavy (non-hydrogen) atoms. The lowest BCUT2D eigenvalue weighted by Crippen LogP contribution is -2.21. The second kappa shape index (κ2) is 4.50. The first-order valence-electron chi connectivity index (χ1n) is 4.10. The fourth-order valence-corrected chi connectivity index (χ4v) is 2.36. The summed E-state index contributed by atoms with van der Waals surface area (Å²) in [6.07, 6.45) is 3.35. The first-order valence-corrected chi connectivity index (χ1v) is 5.15. The molecule has 1 rings (SSSR count). The first kappa shape index (κ1) is 9.58. The molecule has 0 aliphatic heterocycles. The maximum absolute atomic E-state index is 11.0. The fraction of sp³-hybridized carbons (Fsp3) is 0.750. The minimum absolute atomic E-state index is 0.293. The maximum atomic E-state index is 11.0. The molecule has 68 valence electrons. The van der Waals surface area contributed by atoms with E-state index in [9.17, 15) is 9.59 Å². The zero-order valence-electron chi connectivity index (χ0n) is 6.91. The number of carbonyl (C=O) groups is 2. The van der Waals surface area contributed by atoms with Crippen LogP contribution in [-0.2, 0) is 9.59 Å². The van der Waals surface area contributed by atoms with Crippen LogP contribution in [0.15, 0.2) is 0 Å². The van der Waals surface area contributed by atoms with E-state index >= 15 is 0 Å². The quantitative estimate of drug-likeness (QED) is 0.708. The summed E-state index contributed by atoms with van der Waals surface area (Å²) in [6.45, 7) is 0. The Morgan fingerprint density at radius 2 is 2.42 bits per heavy atom. The van der Waals surface area contributed by atoms with E-state index in [0.717, 1.165) is 12.8 Å². The summed E-state index contributed by atoms with van der Waals surface area (Å²) in [5, 5.41) is 0.332. The van der Waals surface area contributed by atoms with Crippen molar-refractivity contribution in [3.05, 3.63) is 0 Å². The van der Waals surface area contributed by atoms with Gasteiger partial charge in [0.05, 0.1) is 5.75 Å². The standard InChI is InChI=1S/C8H13NO2S/c9-8(11)5-12-7-3-1-2-6(10)4-7/h7H,1-5H2,(H2,9,11). The van der Waals surface area contributed by atoms with Crippen LogP contribution >= 0.6 is 11.8 Å². The van der Waals surface area contributed by atoms with Crippen LogP contribution in [0, 0.1) is 0 Å². The zero-order chi connectivity index (χ0) is 8.97. The van der Waals surface area contributed by atoms with E-state index in [4.69, 9.17) is 5.73 Å². The largest absolute Gasteiger partial charge is 0.369 e. The summed E-state index contributed by atoms with van der Waals surface area (Å²) in [6, 6.07) is 0. The van der Waals surface area contributed by atoms with Gasteiger partial charge in [-0.15, -0.1) is 11.8 Å². The number of amides is 1. The zero-order valence-corrected chi connectivity index (χ0v) is 7.73. The summed E-state index contributed by atoms with van der Waals surface area (Å²) in [5.74, 6) is 0.374. The van der Waals surface area contributed by atoms with Crippen molar-refractivity contribution in [3.8, 4) is 0 Å². The average Bonchev–Trinajstić information content (AvgIpc) is 2.01. The van der Waals surface area contributed by atoms with Gasteiger partial charge in [0, 0.05) is 18.1 Å². The summed E-state index contributed by atoms with van der Waals surface area (Å²) >= 11 is 1.51. The van der Waals surface area contributed by atoms with E-state index in [1.165, 1.54) is 11.8 Å². The van der Waals surface area contributed by atoms with E-state index < -0.39 is 0 Å². The van der Waals surface area contributed by atoms with Crippen molar-refractivity contribution in [2.24, 2.45) is 5.73 Å². The van der Waals surface area contributed by atoms with Gasteiger partial charge < -0.3 is 5.73 Å². The molecular formula is C8H13NO2S. The van der Waals surface area contributed by atoms with Gasteiger partial charge in [-0.2, -0.15) is 0 Å². The summed E-state index contributed by atoms with van der Waals surface area (Å²) in [7, 11) is 0. The predicted molar refractivity (Wildman–Crippen MR) is 48.9 cm³/mol. The highest BCUT2D eigenvalue weighted by atomic mass is 32.2. The fourth-order valence-electron chi connectivity index (χ4n) is 1.33. The Balaban J connectivity index is 2.23. The molecule has 3 nitrogen and oxygen atoms in total. The number of primary amides is 1. The molecule has 1 amide bonds. The van der Waals surface area contributed by atoms with Crippen LogP contribution in [0.5, 0.6) is 0 Å². The Morgan fingerprint density at radius 3 is 3.00 bits per heavy atom. The molecule has 0 spiro atoms. The molecular weight excluding hydrogens is 174 g/mol. The van der Waals surface area contributed by atoms with Gasteiger partial charge in [0.15, 0.2) is 0 Å². The molecule has 1 atom stereocenters. The third-order valence-corrected chi connectivity index (χ3v) is 3.22. The van der Waals surface area contributed by atoms with Gasteiger partial charge >= 0.3 is 0 Å². The van der Waals surface area contributed by atoms with Gasteiger partial charge in [0.2, 0.25) is 5.91 Å². The second-order valence-corrected chi connectivity index (χ2v) is 4.32. The molecule has 0 aromatic carbocycles. The number of thioether (sulfide) groups is 1. The molecule has 1 saturated carbocycles. The lowest BCUT2D eigenvalue weighted by molar-refractivity contribution is -0.120. The molecule has 1 aliphatic carbocycles. The van der Waals surface area contributed by atoms with Crippen LogP contribution in [0.4, 0.5) is 0 Å². The Kier molecular flexibility index (Phi) is 3.59. The molecule has 2 N–H and O–H groups in total. The van der Waals surface area contributed by atoms with E-state index in [2.05, 4.69) is 0 Å². The smallest absolute Gasteiger partial charge is 0.227 e. The molecule has 1 unspecified atom stereocenters. The van der Waals surface area contributed by atoms with Gasteiger partial charge in [0.25, 0.3) is 0 Å². The minimum atomic E-state index is -0.293. The van der Waals surface area contributed by atoms with Crippen LogP contribution in [0.2, 0.25) is 0 Å². The normalized spacial score (nSPS) is 24.0. The van der Waals surface area contributed by atoms with Crippen LogP contribution in [0.3, 0.4) is 0 Å². The topological polar surface area (TPSA) is 60.2 Å². The summed E-state index contributed by atoms with van der Waals surface area (Å²) in [4.78, 5) is 21.4. The highest BCUT2D eigenvalue weighted by Crippen LogP contribution is 2.25. The van der Waals surface area contributed by atoms with E-state index in [1.807, 2.05) is 0 Å². The molecule has 0 aromatic rings. The highest BCUT2D eigenvalue weighted by molar-refractivity contribution is 8.00. The van der Waals surface area contributed by atoms with Crippen molar-refractivity contribution in [3.63, 3.8) is 0 Å². The Morgan fingerprint density at radius 1 is 1.67 bits per heavy atom. The Bertz CT molecular complexity index is 193. The third kappa shape index (κ3) is 3.26. The van der Waals surface area contributed by atoms with Crippen molar-refractivity contribution in [2.75, 3.05) is 5.75 Å². The highest BCUT2D eigenvalue weighted by Gasteiger charge is 2.19. The van der Waals surface area contributed by atoms with Crippen molar-refractivity contribution in [1.82, 2.24) is 0 Å². The molecule has 1 aliphatic rings. The molecule has 1 fully saturated rings. The van der Waals surface area contributed by atoms with Gasteiger partial charge in [-0.1, -0.05) is 0 Å². The monoisotopic (exact) mass is 187 g/mol. The maximum Gasteiger partial charge on any atom is 0.227 e. The van der Waals surface area contributed by atoms with Gasteiger partial charge in [-0.25, -0.2) is 0 Å². The summed E-state index contributed by atoms with van der Waals surface area (Å²) in [5.41, 5.74) is 5.00. The van der Waals surface area contributed by atoms with Gasteiger partial charge in [0.1, 0.15) is 5.78 Å². The number of Topliss-reactive ketones (excluding diaryl/α,β-unsaturated/α-hetero) is 1. The van der Waals surface area contributed by atoms with Crippen molar-refractivity contribution < 1.29 is 9.59 Å². The molecule has 0 aromatic heterocycles. The summed E-state index contributed by atoms with van der Waals surface area (Å²) < 4.78 is 0. The van der Waals surface area contributed by atoms with Crippen LogP contribution < -0.4 is 5.73 Å². The number of ketones is 1. The Labute approximate surface area is 76.1 Å². The SMILES string of the molecule is NC(=O)CSC1CCCC(=O)C1. The van der Waals surface area contributed by atoms with Crippen LogP contribution in [-0.4, -0.2) is 22.7 Å². The molecule has 0 radical (unpaired) electrons. The first-order chi connectivity index (χ1) is 5.68. The molecule has 4 heteroatoms. The number of nitrogens with two attached hydrogens (primary N) is 1. The average molecular weight is 187 g/mol. The molecule has 0 heterocycles. The van der Waals surface area contributed by atoms with Crippen molar-refractivity contribution in [1.29, 1.82) is 0 Å².